The van der Waals surface area contributed by atoms with Crippen molar-refractivity contribution in [1.29, 1.82) is 0 Å². The minimum atomic E-state index is 0.411. The van der Waals surface area contributed by atoms with E-state index in [0.29, 0.717) is 34.1 Å². The minimum Gasteiger partial charge on any atom is -0.496 e. The van der Waals surface area contributed by atoms with Crippen molar-refractivity contribution in [1.82, 2.24) is 19.7 Å². The number of hydrogen-bond acceptors (Lipinski definition) is 5. The molecule has 1 aliphatic rings. The Kier molecular flexibility index (Phi) is 5.36. The molecule has 3 aromatic rings. The van der Waals surface area contributed by atoms with Gasteiger partial charge in [-0.25, -0.2) is 4.68 Å². The SMILES string of the molecule is CC[C@H]1c2ccsc2CCN1Cn1[nH]c(-c2cc(Cl)ccc2OC)nc1=S. The van der Waals surface area contributed by atoms with Gasteiger partial charge in [0.25, 0.3) is 0 Å². The number of aromatic nitrogens is 3. The molecule has 8 heteroatoms. The summed E-state index contributed by atoms with van der Waals surface area (Å²) in [7, 11) is 1.64. The van der Waals surface area contributed by atoms with Crippen LogP contribution in [0.3, 0.4) is 0 Å². The first kappa shape index (κ1) is 18.7. The summed E-state index contributed by atoms with van der Waals surface area (Å²) in [5.41, 5.74) is 2.26. The molecule has 0 aliphatic carbocycles. The predicted octanol–water partition coefficient (Wildman–Crippen LogP) is 5.30. The van der Waals surface area contributed by atoms with Gasteiger partial charge in [0.2, 0.25) is 4.77 Å². The second-order valence-electron chi connectivity index (χ2n) is 6.55. The van der Waals surface area contributed by atoms with Gasteiger partial charge in [-0.1, -0.05) is 18.5 Å². The Morgan fingerprint density at radius 2 is 2.26 bits per heavy atom. The lowest BCUT2D eigenvalue weighted by Crippen LogP contribution is -2.36. The van der Waals surface area contributed by atoms with Crippen LogP contribution in [0.5, 0.6) is 5.75 Å². The van der Waals surface area contributed by atoms with Crippen LogP contribution in [-0.2, 0) is 13.1 Å². The van der Waals surface area contributed by atoms with Gasteiger partial charge in [-0.05, 0) is 60.3 Å². The number of fused-ring (bicyclic) bond motifs is 1. The molecule has 0 saturated heterocycles. The van der Waals surface area contributed by atoms with Crippen molar-refractivity contribution in [2.45, 2.75) is 32.5 Å². The lowest BCUT2D eigenvalue weighted by atomic mass is 9.98. The zero-order chi connectivity index (χ0) is 19.0. The third-order valence-electron chi connectivity index (χ3n) is 5.01. The van der Waals surface area contributed by atoms with Crippen LogP contribution in [0.15, 0.2) is 29.6 Å². The van der Waals surface area contributed by atoms with Crippen molar-refractivity contribution >= 4 is 35.2 Å². The van der Waals surface area contributed by atoms with E-state index in [4.69, 9.17) is 28.6 Å². The predicted molar refractivity (Wildman–Crippen MR) is 112 cm³/mol. The van der Waals surface area contributed by atoms with E-state index in [1.165, 1.54) is 10.4 Å². The zero-order valence-corrected chi connectivity index (χ0v) is 17.6. The van der Waals surface area contributed by atoms with Gasteiger partial charge in [0.05, 0.1) is 19.3 Å². The molecular formula is C19H21ClN4OS2. The monoisotopic (exact) mass is 420 g/mol. The lowest BCUT2D eigenvalue weighted by molar-refractivity contribution is 0.130. The highest BCUT2D eigenvalue weighted by Gasteiger charge is 2.27. The number of hydrogen-bond donors (Lipinski definition) is 1. The van der Waals surface area contributed by atoms with E-state index >= 15 is 0 Å². The summed E-state index contributed by atoms with van der Waals surface area (Å²) < 4.78 is 7.89. The van der Waals surface area contributed by atoms with Crippen molar-refractivity contribution in [3.05, 3.63) is 49.9 Å². The van der Waals surface area contributed by atoms with E-state index in [1.807, 2.05) is 28.2 Å². The van der Waals surface area contributed by atoms with Crippen molar-refractivity contribution in [3.63, 3.8) is 0 Å². The maximum absolute atomic E-state index is 6.16. The molecule has 0 bridgehead atoms. The Morgan fingerprint density at radius 1 is 1.41 bits per heavy atom. The van der Waals surface area contributed by atoms with Gasteiger partial charge in [0, 0.05) is 22.5 Å². The minimum absolute atomic E-state index is 0.411. The summed E-state index contributed by atoms with van der Waals surface area (Å²) in [5, 5.41) is 6.16. The first-order valence-electron chi connectivity index (χ1n) is 8.91. The van der Waals surface area contributed by atoms with Crippen molar-refractivity contribution < 1.29 is 4.74 Å². The van der Waals surface area contributed by atoms with Gasteiger partial charge in [-0.15, -0.1) is 11.3 Å². The molecule has 0 saturated carbocycles. The van der Waals surface area contributed by atoms with Crippen molar-refractivity contribution in [3.8, 4) is 17.1 Å². The highest BCUT2D eigenvalue weighted by Crippen LogP contribution is 2.35. The Bertz CT molecular complexity index is 1010. The number of aromatic amines is 1. The fourth-order valence-corrected chi connectivity index (χ4v) is 5.01. The summed E-state index contributed by atoms with van der Waals surface area (Å²) >= 11 is 13.5. The Labute approximate surface area is 172 Å². The lowest BCUT2D eigenvalue weighted by Gasteiger charge is -2.35. The first-order valence-corrected chi connectivity index (χ1v) is 10.6. The van der Waals surface area contributed by atoms with E-state index in [0.717, 1.165) is 24.9 Å². The van der Waals surface area contributed by atoms with Crippen LogP contribution in [0, 0.1) is 4.77 Å². The van der Waals surface area contributed by atoms with Crippen LogP contribution in [0.25, 0.3) is 11.4 Å². The van der Waals surface area contributed by atoms with Crippen molar-refractivity contribution in [2.24, 2.45) is 0 Å². The number of thiophene rings is 1. The van der Waals surface area contributed by atoms with Gasteiger partial charge in [0.15, 0.2) is 5.82 Å². The second kappa shape index (κ2) is 7.75. The largest absolute Gasteiger partial charge is 0.496 e. The van der Waals surface area contributed by atoms with Crippen LogP contribution >= 0.6 is 35.2 Å². The molecule has 3 heterocycles. The van der Waals surface area contributed by atoms with Gasteiger partial charge >= 0.3 is 0 Å². The number of halogens is 1. The van der Waals surface area contributed by atoms with Gasteiger partial charge in [-0.3, -0.25) is 10.00 Å². The average molecular weight is 421 g/mol. The molecule has 0 spiro atoms. The number of nitrogens with zero attached hydrogens (tertiary/aromatic N) is 3. The molecule has 0 amide bonds. The van der Waals surface area contributed by atoms with Crippen molar-refractivity contribution in [2.75, 3.05) is 13.7 Å². The van der Waals surface area contributed by atoms with Crippen LogP contribution in [0.1, 0.15) is 29.8 Å². The Balaban J connectivity index is 1.63. The summed E-state index contributed by atoms with van der Waals surface area (Å²) in [5.74, 6) is 1.38. The number of methoxy groups -OCH3 is 1. The standard InChI is InChI=1S/C19H21ClN4OS2/c1-3-15-13-7-9-27-17(13)6-8-23(15)11-24-19(26)21-18(22-24)14-10-12(20)4-5-16(14)25-2/h4-5,7,9-10,15H,3,6,8,11H2,1-2H3,(H,21,22,26)/t15-/m0/s1. The van der Waals surface area contributed by atoms with Gasteiger partial charge < -0.3 is 4.74 Å². The first-order chi connectivity index (χ1) is 13.1. The topological polar surface area (TPSA) is 46.1 Å². The number of H-pyrrole nitrogens is 1. The van der Waals surface area contributed by atoms with Crippen LogP contribution < -0.4 is 4.74 Å². The third kappa shape index (κ3) is 3.57. The number of rotatable bonds is 5. The zero-order valence-electron chi connectivity index (χ0n) is 15.2. The quantitative estimate of drug-likeness (QED) is 0.569. The van der Waals surface area contributed by atoms with E-state index in [1.54, 1.807) is 13.2 Å². The number of nitrogens with one attached hydrogen (secondary N) is 1. The van der Waals surface area contributed by atoms with E-state index < -0.39 is 0 Å². The van der Waals surface area contributed by atoms with E-state index in [2.05, 4.69) is 33.4 Å². The molecule has 0 unspecified atom stereocenters. The molecule has 2 aromatic heterocycles. The maximum atomic E-state index is 6.16. The van der Waals surface area contributed by atoms with Crippen LogP contribution in [0.4, 0.5) is 0 Å². The highest BCUT2D eigenvalue weighted by atomic mass is 35.5. The molecular weight excluding hydrogens is 400 g/mol. The van der Waals surface area contributed by atoms with Crippen LogP contribution in [-0.4, -0.2) is 33.3 Å². The molecule has 1 aliphatic heterocycles. The maximum Gasteiger partial charge on any atom is 0.217 e. The molecule has 4 rings (SSSR count). The molecule has 5 nitrogen and oxygen atoms in total. The van der Waals surface area contributed by atoms with E-state index in [-0.39, 0.29) is 0 Å². The summed E-state index contributed by atoms with van der Waals surface area (Å²) in [6, 6.07) is 8.15. The fourth-order valence-electron chi connectivity index (χ4n) is 3.72. The smallest absolute Gasteiger partial charge is 0.217 e. The number of benzene rings is 1. The fraction of sp³-hybridized carbons (Fsp3) is 0.368. The summed E-state index contributed by atoms with van der Waals surface area (Å²) in [4.78, 5) is 8.51. The molecule has 0 radical (unpaired) electrons. The van der Waals surface area contributed by atoms with Gasteiger partial charge in [0.1, 0.15) is 5.75 Å². The average Bonchev–Trinajstić information content (AvgIpc) is 3.28. The summed E-state index contributed by atoms with van der Waals surface area (Å²) in [6.45, 7) is 3.93. The highest BCUT2D eigenvalue weighted by molar-refractivity contribution is 7.71. The summed E-state index contributed by atoms with van der Waals surface area (Å²) in [6.07, 6.45) is 2.15. The molecule has 0 fully saturated rings. The second-order valence-corrected chi connectivity index (χ2v) is 8.36. The Hall–Kier alpha value is -1.67. The molecule has 27 heavy (non-hydrogen) atoms. The van der Waals surface area contributed by atoms with E-state index in [9.17, 15) is 0 Å². The van der Waals surface area contributed by atoms with Gasteiger partial charge in [-0.2, -0.15) is 4.98 Å². The third-order valence-corrected chi connectivity index (χ3v) is 6.55. The molecule has 1 aromatic carbocycles. The van der Waals surface area contributed by atoms with Crippen LogP contribution in [0.2, 0.25) is 5.02 Å². The molecule has 142 valence electrons. The molecule has 1 N–H and O–H groups in total. The normalized spacial score (nSPS) is 17.1. The Morgan fingerprint density at radius 3 is 3.04 bits per heavy atom. The molecule has 1 atom stereocenters. The number of ether oxygens (including phenoxy) is 1.